The Bertz CT molecular complexity index is 1840. The molecule has 0 saturated heterocycles. The number of hydrogen-bond donors (Lipinski definition) is 0. The summed E-state index contributed by atoms with van der Waals surface area (Å²) in [5.41, 5.74) is 0. The van der Waals surface area contributed by atoms with Crippen molar-refractivity contribution in [2.45, 2.75) is 232 Å². The van der Waals surface area contributed by atoms with E-state index in [1.54, 1.807) is 0 Å². The standard InChI is InChI=1S/C71H108O6/c1-4-7-10-13-16-19-22-25-28-31-33-35-37-40-43-46-49-52-55-58-61-64-70(73)76-67-68(66-75-69(72)63-60-57-54-51-48-45-42-39-30-27-24-21-18-15-12-9-6-3)77-71(74)65-62-59-56-53-50-47-44-41-38-36-34-32-29-26-23-20-17-14-11-8-5-2/h7-12,16-21,25-30,33-36,40,42-43,45,49,51-52,54,68H,4-6,13-15,22-24,31-32,37-39,41,44,46-48,50,53,55-67H2,1-3H3/b10-7-,11-8-,12-9-,19-16-,20-17-,21-18-,28-25-,29-26-,30-27-,35-33-,36-34-,43-40-,45-42-,52-49-,54-51-. The molecule has 0 amide bonds. The Morgan fingerprint density at radius 2 is 0.481 bits per heavy atom. The predicted octanol–water partition coefficient (Wildman–Crippen LogP) is 20.9. The quantitative estimate of drug-likeness (QED) is 0.0261. The van der Waals surface area contributed by atoms with Gasteiger partial charge in [0.25, 0.3) is 0 Å². The second kappa shape index (κ2) is 63.0. The van der Waals surface area contributed by atoms with Crippen LogP contribution in [0.3, 0.4) is 0 Å². The van der Waals surface area contributed by atoms with Gasteiger partial charge in [0, 0.05) is 19.3 Å². The summed E-state index contributed by atoms with van der Waals surface area (Å²) in [7, 11) is 0. The van der Waals surface area contributed by atoms with E-state index in [9.17, 15) is 14.4 Å². The van der Waals surface area contributed by atoms with E-state index in [1.807, 2.05) is 0 Å². The summed E-state index contributed by atoms with van der Waals surface area (Å²) in [5.74, 6) is -1.05. The first-order chi connectivity index (χ1) is 38.0. The lowest BCUT2D eigenvalue weighted by molar-refractivity contribution is -0.167. The fourth-order valence-corrected chi connectivity index (χ4v) is 7.47. The van der Waals surface area contributed by atoms with Crippen molar-refractivity contribution >= 4 is 17.9 Å². The van der Waals surface area contributed by atoms with Gasteiger partial charge in [-0.1, -0.05) is 242 Å². The largest absolute Gasteiger partial charge is 0.462 e. The van der Waals surface area contributed by atoms with Crippen LogP contribution in [0.15, 0.2) is 182 Å². The molecular formula is C71H108O6. The zero-order valence-corrected chi connectivity index (χ0v) is 48.9. The second-order valence-electron chi connectivity index (χ2n) is 19.1. The topological polar surface area (TPSA) is 78.9 Å². The van der Waals surface area contributed by atoms with E-state index in [0.29, 0.717) is 12.8 Å². The fourth-order valence-electron chi connectivity index (χ4n) is 7.47. The minimum atomic E-state index is -0.836. The summed E-state index contributed by atoms with van der Waals surface area (Å²) in [6.45, 7) is 6.19. The molecule has 0 aromatic rings. The first-order valence-electron chi connectivity index (χ1n) is 30.3. The maximum atomic E-state index is 12.9. The van der Waals surface area contributed by atoms with Crippen LogP contribution in [-0.2, 0) is 28.6 Å². The molecule has 428 valence electrons. The van der Waals surface area contributed by atoms with Crippen LogP contribution in [0.25, 0.3) is 0 Å². The van der Waals surface area contributed by atoms with Crippen molar-refractivity contribution in [2.24, 2.45) is 0 Å². The van der Waals surface area contributed by atoms with Gasteiger partial charge in [-0.05, 0) is 148 Å². The molecule has 0 radical (unpaired) electrons. The number of carbonyl (C=O) groups is 3. The van der Waals surface area contributed by atoms with Crippen molar-refractivity contribution in [3.63, 3.8) is 0 Å². The third-order valence-electron chi connectivity index (χ3n) is 11.9. The maximum Gasteiger partial charge on any atom is 0.306 e. The highest BCUT2D eigenvalue weighted by atomic mass is 16.6. The van der Waals surface area contributed by atoms with E-state index in [0.717, 1.165) is 148 Å². The third-order valence-corrected chi connectivity index (χ3v) is 11.9. The molecule has 0 aliphatic heterocycles. The van der Waals surface area contributed by atoms with Crippen LogP contribution in [0.2, 0.25) is 0 Å². The lowest BCUT2D eigenvalue weighted by Gasteiger charge is -2.18. The highest BCUT2D eigenvalue weighted by Crippen LogP contribution is 2.13. The van der Waals surface area contributed by atoms with Gasteiger partial charge in [0.15, 0.2) is 6.10 Å². The molecule has 6 heteroatoms. The molecule has 0 saturated carbocycles. The van der Waals surface area contributed by atoms with Crippen molar-refractivity contribution in [1.82, 2.24) is 0 Å². The predicted molar refractivity (Wildman–Crippen MR) is 334 cm³/mol. The molecule has 0 aromatic carbocycles. The van der Waals surface area contributed by atoms with E-state index >= 15 is 0 Å². The zero-order valence-electron chi connectivity index (χ0n) is 48.9. The summed E-state index contributed by atoms with van der Waals surface area (Å²) in [6, 6.07) is 0. The van der Waals surface area contributed by atoms with Crippen molar-refractivity contribution < 1.29 is 28.6 Å². The molecule has 77 heavy (non-hydrogen) atoms. The van der Waals surface area contributed by atoms with Gasteiger partial charge in [-0.15, -0.1) is 0 Å². The van der Waals surface area contributed by atoms with Gasteiger partial charge < -0.3 is 14.2 Å². The number of esters is 3. The highest BCUT2D eigenvalue weighted by Gasteiger charge is 2.19. The van der Waals surface area contributed by atoms with Crippen LogP contribution in [0, 0.1) is 0 Å². The lowest BCUT2D eigenvalue weighted by Crippen LogP contribution is -2.30. The summed E-state index contributed by atoms with van der Waals surface area (Å²) in [5, 5.41) is 0. The molecule has 0 N–H and O–H groups in total. The van der Waals surface area contributed by atoms with E-state index in [4.69, 9.17) is 14.2 Å². The van der Waals surface area contributed by atoms with Crippen LogP contribution in [-0.4, -0.2) is 37.2 Å². The van der Waals surface area contributed by atoms with E-state index < -0.39 is 6.10 Å². The molecule has 0 heterocycles. The average molecular weight is 1060 g/mol. The van der Waals surface area contributed by atoms with Gasteiger partial charge >= 0.3 is 17.9 Å². The Labute approximate surface area is 472 Å². The Kier molecular flexibility index (Phi) is 58.6. The summed E-state index contributed by atoms with van der Waals surface area (Å²) in [6.07, 6.45) is 94.6. The molecule has 0 aliphatic rings. The molecule has 0 spiro atoms. The van der Waals surface area contributed by atoms with Gasteiger partial charge in [-0.3, -0.25) is 14.4 Å². The number of ether oxygens (including phenoxy) is 3. The molecule has 1 atom stereocenters. The second-order valence-corrected chi connectivity index (χ2v) is 19.1. The molecule has 0 aromatic heterocycles. The van der Waals surface area contributed by atoms with Gasteiger partial charge in [0.1, 0.15) is 13.2 Å². The Morgan fingerprint density at radius 3 is 0.805 bits per heavy atom. The molecule has 0 bridgehead atoms. The smallest absolute Gasteiger partial charge is 0.306 e. The van der Waals surface area contributed by atoms with Crippen molar-refractivity contribution in [3.8, 4) is 0 Å². The number of hydrogen-bond acceptors (Lipinski definition) is 6. The fraction of sp³-hybridized carbons (Fsp3) is 0.535. The number of allylic oxidation sites excluding steroid dienone is 30. The third kappa shape index (κ3) is 61.2. The molecule has 6 nitrogen and oxygen atoms in total. The maximum absolute atomic E-state index is 12.9. The Hall–Kier alpha value is -5.49. The highest BCUT2D eigenvalue weighted by molar-refractivity contribution is 5.71. The summed E-state index contributed by atoms with van der Waals surface area (Å²) in [4.78, 5) is 38.3. The monoisotopic (exact) mass is 1060 g/mol. The van der Waals surface area contributed by atoms with Gasteiger partial charge in [0.05, 0.1) is 0 Å². The van der Waals surface area contributed by atoms with Crippen molar-refractivity contribution in [2.75, 3.05) is 13.2 Å². The first-order valence-corrected chi connectivity index (χ1v) is 30.3. The molecule has 0 rings (SSSR count). The Balaban J connectivity index is 4.60. The molecule has 1 unspecified atom stereocenters. The average Bonchev–Trinajstić information content (AvgIpc) is 3.43. The van der Waals surface area contributed by atoms with E-state index in [1.165, 1.54) is 25.7 Å². The van der Waals surface area contributed by atoms with Crippen molar-refractivity contribution in [3.05, 3.63) is 182 Å². The van der Waals surface area contributed by atoms with Gasteiger partial charge in [-0.2, -0.15) is 0 Å². The van der Waals surface area contributed by atoms with Crippen LogP contribution in [0.4, 0.5) is 0 Å². The summed E-state index contributed by atoms with van der Waals surface area (Å²) < 4.78 is 16.8. The van der Waals surface area contributed by atoms with Crippen LogP contribution in [0.5, 0.6) is 0 Å². The Morgan fingerprint density at radius 1 is 0.260 bits per heavy atom. The first kappa shape index (κ1) is 71.5. The van der Waals surface area contributed by atoms with Gasteiger partial charge in [0.2, 0.25) is 0 Å². The summed E-state index contributed by atoms with van der Waals surface area (Å²) >= 11 is 0. The van der Waals surface area contributed by atoms with E-state index in [2.05, 4.69) is 203 Å². The normalized spacial score (nSPS) is 13.4. The molecule has 0 fully saturated rings. The minimum Gasteiger partial charge on any atom is -0.462 e. The van der Waals surface area contributed by atoms with Crippen LogP contribution < -0.4 is 0 Å². The molecular weight excluding hydrogens is 949 g/mol. The van der Waals surface area contributed by atoms with Crippen LogP contribution >= 0.6 is 0 Å². The van der Waals surface area contributed by atoms with Gasteiger partial charge in [-0.25, -0.2) is 0 Å². The number of rotatable bonds is 52. The van der Waals surface area contributed by atoms with Crippen molar-refractivity contribution in [1.29, 1.82) is 0 Å². The molecule has 0 aliphatic carbocycles. The zero-order chi connectivity index (χ0) is 55.7. The van der Waals surface area contributed by atoms with E-state index in [-0.39, 0.29) is 50.4 Å². The minimum absolute atomic E-state index is 0.132. The number of carbonyl (C=O) groups excluding carboxylic acids is 3. The van der Waals surface area contributed by atoms with Crippen LogP contribution in [0.1, 0.15) is 226 Å². The number of unbranched alkanes of at least 4 members (excludes halogenated alkanes) is 11. The lowest BCUT2D eigenvalue weighted by atomic mass is 10.1. The SMILES string of the molecule is CC/C=C\C/C=C\C/C=C\C/C=C\C/C=C\C/C=C\CCCCC(=O)OCC(COC(=O)CCC/C=C\C/C=C\C/C=C\C/C=C\C/C=C\CC)OC(=O)CCCCCCCCCC/C=C\C/C=C\C/C=C\C/C=C\CC.